The maximum Gasteiger partial charge on any atom is 0.234 e. The number of nitrogens with zero attached hydrogens (tertiary/aromatic N) is 2. The summed E-state index contributed by atoms with van der Waals surface area (Å²) < 4.78 is 6.16. The highest BCUT2D eigenvalue weighted by Crippen LogP contribution is 2.43. The third-order valence-corrected chi connectivity index (χ3v) is 8.77. The minimum absolute atomic E-state index is 0.0285. The number of hydrogen-bond donors (Lipinski definition) is 1. The van der Waals surface area contributed by atoms with E-state index in [1.54, 1.807) is 23.1 Å². The molecule has 8 heteroatoms. The molecular formula is C24H29N3O2S3. The van der Waals surface area contributed by atoms with Crippen molar-refractivity contribution in [2.75, 3.05) is 16.8 Å². The molecule has 1 amide bonds. The molecule has 2 aromatic heterocycles. The first-order valence-electron chi connectivity index (χ1n) is 11.0. The number of benzene rings is 1. The Balaban J connectivity index is 1.61. The number of thiophene rings is 1. The van der Waals surface area contributed by atoms with Gasteiger partial charge >= 0.3 is 0 Å². The zero-order valence-corrected chi connectivity index (χ0v) is 21.4. The van der Waals surface area contributed by atoms with Crippen LogP contribution in [0, 0.1) is 6.92 Å². The predicted molar refractivity (Wildman–Crippen MR) is 136 cm³/mol. The van der Waals surface area contributed by atoms with Crippen molar-refractivity contribution in [2.45, 2.75) is 69.3 Å². The number of aromatic nitrogens is 2. The number of thioether (sulfide) groups is 2. The van der Waals surface area contributed by atoms with E-state index in [0.29, 0.717) is 12.4 Å². The number of rotatable bonds is 8. The highest BCUT2D eigenvalue weighted by atomic mass is 32.2. The van der Waals surface area contributed by atoms with Crippen molar-refractivity contribution in [2.24, 2.45) is 0 Å². The van der Waals surface area contributed by atoms with Gasteiger partial charge in [0.25, 0.3) is 0 Å². The Kier molecular flexibility index (Phi) is 7.44. The Bertz CT molecular complexity index is 1110. The van der Waals surface area contributed by atoms with Crippen LogP contribution in [0.15, 0.2) is 34.4 Å². The van der Waals surface area contributed by atoms with E-state index in [-0.39, 0.29) is 11.5 Å². The Morgan fingerprint density at radius 2 is 2.00 bits per heavy atom. The van der Waals surface area contributed by atoms with E-state index >= 15 is 0 Å². The molecule has 0 unspecified atom stereocenters. The molecule has 1 aliphatic rings. The molecule has 1 N–H and O–H groups in total. The summed E-state index contributed by atoms with van der Waals surface area (Å²) in [7, 11) is 0. The number of nitrogens with one attached hydrogen (secondary N) is 1. The molecule has 3 heterocycles. The van der Waals surface area contributed by atoms with Crippen molar-refractivity contribution in [3.63, 3.8) is 0 Å². The minimum atomic E-state index is -0.165. The molecule has 1 aliphatic heterocycles. The summed E-state index contributed by atoms with van der Waals surface area (Å²) in [5.41, 5.74) is 3.12. The second-order valence-corrected chi connectivity index (χ2v) is 11.4. The molecule has 170 valence electrons. The van der Waals surface area contributed by atoms with Crippen molar-refractivity contribution < 1.29 is 9.53 Å². The van der Waals surface area contributed by atoms with Gasteiger partial charge in [-0.15, -0.1) is 11.3 Å². The monoisotopic (exact) mass is 487 g/mol. The number of ether oxygens (including phenoxy) is 1. The summed E-state index contributed by atoms with van der Waals surface area (Å²) in [6.45, 7) is 9.15. The van der Waals surface area contributed by atoms with Crippen LogP contribution in [0.5, 0.6) is 0 Å². The molecule has 5 nitrogen and oxygen atoms in total. The Morgan fingerprint density at radius 3 is 2.72 bits per heavy atom. The lowest BCUT2D eigenvalue weighted by molar-refractivity contribution is -0.113. The molecular weight excluding hydrogens is 458 g/mol. The van der Waals surface area contributed by atoms with Gasteiger partial charge in [-0.1, -0.05) is 55.1 Å². The van der Waals surface area contributed by atoms with Crippen molar-refractivity contribution in [3.8, 4) is 0 Å². The molecule has 0 fully saturated rings. The summed E-state index contributed by atoms with van der Waals surface area (Å²) in [5, 5.41) is 5.80. The number of amides is 1. The van der Waals surface area contributed by atoms with Crippen molar-refractivity contribution in [3.05, 3.63) is 40.3 Å². The average molecular weight is 488 g/mol. The molecule has 0 spiro atoms. The van der Waals surface area contributed by atoms with Gasteiger partial charge in [-0.05, 0) is 44.4 Å². The fourth-order valence-corrected chi connectivity index (χ4v) is 6.41. The molecule has 0 saturated heterocycles. The van der Waals surface area contributed by atoms with Crippen LogP contribution >= 0.6 is 34.9 Å². The van der Waals surface area contributed by atoms with Gasteiger partial charge in [0.15, 0.2) is 5.16 Å². The Morgan fingerprint density at radius 1 is 1.22 bits per heavy atom. The largest absolute Gasteiger partial charge is 0.369 e. The van der Waals surface area contributed by atoms with Crippen LogP contribution in [0.1, 0.15) is 49.6 Å². The summed E-state index contributed by atoms with van der Waals surface area (Å²) >= 11 is 4.89. The Labute approximate surface area is 202 Å². The van der Waals surface area contributed by atoms with E-state index in [0.717, 1.165) is 51.1 Å². The highest BCUT2D eigenvalue weighted by Gasteiger charge is 2.33. The smallest absolute Gasteiger partial charge is 0.234 e. The normalized spacial score (nSPS) is 18.0. The predicted octanol–water partition coefficient (Wildman–Crippen LogP) is 6.47. The van der Waals surface area contributed by atoms with Gasteiger partial charge in [0.2, 0.25) is 5.91 Å². The van der Waals surface area contributed by atoms with Gasteiger partial charge in [-0.25, -0.2) is 9.97 Å². The van der Waals surface area contributed by atoms with E-state index in [9.17, 15) is 4.79 Å². The highest BCUT2D eigenvalue weighted by molar-refractivity contribution is 8.00. The minimum Gasteiger partial charge on any atom is -0.369 e. The van der Waals surface area contributed by atoms with Crippen LogP contribution in [0.2, 0.25) is 0 Å². The number of fused-ring (bicyclic) bond motifs is 3. The molecule has 4 rings (SSSR count). The molecule has 0 saturated carbocycles. The average Bonchev–Trinajstić information content (AvgIpc) is 3.15. The van der Waals surface area contributed by atoms with Gasteiger partial charge < -0.3 is 10.1 Å². The first-order valence-corrected chi connectivity index (χ1v) is 13.8. The quantitative estimate of drug-likeness (QED) is 0.223. The third-order valence-electron chi connectivity index (χ3n) is 5.64. The number of anilines is 1. The molecule has 0 bridgehead atoms. The molecule has 1 atom stereocenters. The zero-order chi connectivity index (χ0) is 22.7. The van der Waals surface area contributed by atoms with E-state index < -0.39 is 0 Å². The van der Waals surface area contributed by atoms with E-state index in [2.05, 4.69) is 26.1 Å². The lowest BCUT2D eigenvalue weighted by atomic mass is 9.90. The van der Waals surface area contributed by atoms with E-state index in [1.807, 2.05) is 31.2 Å². The summed E-state index contributed by atoms with van der Waals surface area (Å²) in [6.07, 6.45) is 2.88. The van der Waals surface area contributed by atoms with Gasteiger partial charge in [0.1, 0.15) is 9.86 Å². The summed E-state index contributed by atoms with van der Waals surface area (Å²) in [4.78, 5) is 24.6. The number of carbonyl (C=O) groups is 1. The number of carbonyl (C=O) groups excluding carboxylic acids is 1. The maximum atomic E-state index is 12.6. The lowest BCUT2D eigenvalue weighted by Gasteiger charge is -2.33. The van der Waals surface area contributed by atoms with E-state index in [4.69, 9.17) is 14.7 Å². The van der Waals surface area contributed by atoms with Crippen molar-refractivity contribution >= 4 is 56.7 Å². The topological polar surface area (TPSA) is 64.1 Å². The van der Waals surface area contributed by atoms with E-state index in [1.165, 1.54) is 27.8 Å². The van der Waals surface area contributed by atoms with Gasteiger partial charge in [0, 0.05) is 28.1 Å². The van der Waals surface area contributed by atoms with Crippen LogP contribution in [0.4, 0.5) is 5.69 Å². The SMILES string of the molecule is CCCSc1nc(SCC(=O)Nc2ccc(C)cc2)c2c3c(sc2n1)CO[C@@](C)(CC)C3. The van der Waals surface area contributed by atoms with Crippen LogP contribution in [-0.4, -0.2) is 33.0 Å². The molecule has 0 aliphatic carbocycles. The fourth-order valence-electron chi connectivity index (χ4n) is 3.58. The van der Waals surface area contributed by atoms with Gasteiger partial charge in [-0.2, -0.15) is 0 Å². The summed E-state index contributed by atoms with van der Waals surface area (Å²) in [5.74, 6) is 1.26. The zero-order valence-electron chi connectivity index (χ0n) is 19.0. The molecule has 1 aromatic carbocycles. The van der Waals surface area contributed by atoms with Gasteiger partial charge in [0.05, 0.1) is 18.0 Å². The second kappa shape index (κ2) is 10.1. The second-order valence-electron chi connectivity index (χ2n) is 8.32. The molecule has 32 heavy (non-hydrogen) atoms. The Hall–Kier alpha value is -1.61. The van der Waals surface area contributed by atoms with Crippen LogP contribution in [0.25, 0.3) is 10.2 Å². The summed E-state index contributed by atoms with van der Waals surface area (Å²) in [6, 6.07) is 7.86. The molecule has 3 aromatic rings. The lowest BCUT2D eigenvalue weighted by Crippen LogP contribution is -2.33. The van der Waals surface area contributed by atoms with Crippen LogP contribution in [0.3, 0.4) is 0 Å². The van der Waals surface area contributed by atoms with Crippen LogP contribution < -0.4 is 5.32 Å². The van der Waals surface area contributed by atoms with Crippen molar-refractivity contribution in [1.82, 2.24) is 9.97 Å². The standard InChI is InChI=1S/C24H29N3O2S3/c1-5-11-30-23-26-21(31-14-19(28)25-16-9-7-15(3)8-10-16)20-17-12-24(4,6-2)29-13-18(17)32-22(20)27-23/h7-10H,5-6,11-14H2,1-4H3,(H,25,28)/t24-/m0/s1. The maximum absolute atomic E-state index is 12.6. The molecule has 0 radical (unpaired) electrons. The van der Waals surface area contributed by atoms with Crippen LogP contribution in [-0.2, 0) is 22.6 Å². The van der Waals surface area contributed by atoms with Gasteiger partial charge in [-0.3, -0.25) is 4.79 Å². The fraction of sp³-hybridized carbons (Fsp3) is 0.458. The van der Waals surface area contributed by atoms with Crippen molar-refractivity contribution in [1.29, 1.82) is 0 Å². The number of aryl methyl sites for hydroxylation is 1. The first-order chi connectivity index (χ1) is 15.4. The number of hydrogen-bond acceptors (Lipinski definition) is 7. The third kappa shape index (κ3) is 5.30. The first kappa shape index (κ1) is 23.5.